The van der Waals surface area contributed by atoms with Gasteiger partial charge in [0, 0.05) is 6.42 Å². The van der Waals surface area contributed by atoms with Gasteiger partial charge in [-0.3, -0.25) is 4.79 Å². The Kier molecular flexibility index (Phi) is 8.80. The Morgan fingerprint density at radius 1 is 1.00 bits per heavy atom. The standard InChI is InChI=1S/C19H30O2/c1-4-5-6-7-8-9-10-14-19(20)21-15-18-13-11-12-16(2)17(18)3/h11-13H,4-10,14-15H2,1-3H3. The van der Waals surface area contributed by atoms with E-state index in [2.05, 4.69) is 26.8 Å². The summed E-state index contributed by atoms with van der Waals surface area (Å²) in [4.78, 5) is 11.7. The quantitative estimate of drug-likeness (QED) is 0.421. The Labute approximate surface area is 129 Å². The summed E-state index contributed by atoms with van der Waals surface area (Å²) in [6.45, 7) is 6.79. The number of rotatable bonds is 10. The van der Waals surface area contributed by atoms with Gasteiger partial charge in [0.2, 0.25) is 0 Å². The van der Waals surface area contributed by atoms with Crippen molar-refractivity contribution in [2.75, 3.05) is 0 Å². The van der Waals surface area contributed by atoms with Crippen LogP contribution in [0, 0.1) is 13.8 Å². The minimum atomic E-state index is -0.0653. The highest BCUT2D eigenvalue weighted by atomic mass is 16.5. The summed E-state index contributed by atoms with van der Waals surface area (Å²) in [6.07, 6.45) is 9.13. The van der Waals surface area contributed by atoms with E-state index in [9.17, 15) is 4.79 Å². The van der Waals surface area contributed by atoms with Gasteiger partial charge < -0.3 is 4.74 Å². The van der Waals surface area contributed by atoms with Crippen molar-refractivity contribution in [2.45, 2.75) is 78.7 Å². The number of hydrogen-bond acceptors (Lipinski definition) is 2. The predicted molar refractivity (Wildman–Crippen MR) is 88.3 cm³/mol. The van der Waals surface area contributed by atoms with E-state index in [4.69, 9.17) is 4.74 Å². The first-order valence-electron chi connectivity index (χ1n) is 8.36. The molecule has 0 aliphatic carbocycles. The summed E-state index contributed by atoms with van der Waals surface area (Å²) in [7, 11) is 0. The average molecular weight is 290 g/mol. The van der Waals surface area contributed by atoms with Crippen LogP contribution in [0.4, 0.5) is 0 Å². The maximum atomic E-state index is 11.7. The first kappa shape index (κ1) is 17.7. The van der Waals surface area contributed by atoms with Crippen molar-refractivity contribution in [3.63, 3.8) is 0 Å². The molecule has 0 unspecified atom stereocenters. The van der Waals surface area contributed by atoms with Gasteiger partial charge in [0.1, 0.15) is 6.61 Å². The summed E-state index contributed by atoms with van der Waals surface area (Å²) in [6, 6.07) is 6.13. The topological polar surface area (TPSA) is 26.3 Å². The van der Waals surface area contributed by atoms with Crippen LogP contribution in [0.2, 0.25) is 0 Å². The van der Waals surface area contributed by atoms with Crippen molar-refractivity contribution in [1.29, 1.82) is 0 Å². The molecule has 0 aliphatic heterocycles. The lowest BCUT2D eigenvalue weighted by Crippen LogP contribution is -2.05. The molecule has 0 aliphatic rings. The van der Waals surface area contributed by atoms with E-state index in [1.54, 1.807) is 0 Å². The van der Waals surface area contributed by atoms with Crippen LogP contribution in [-0.2, 0) is 16.1 Å². The highest BCUT2D eigenvalue weighted by Gasteiger charge is 2.06. The smallest absolute Gasteiger partial charge is 0.306 e. The Bertz CT molecular complexity index is 424. The van der Waals surface area contributed by atoms with Crippen LogP contribution in [0.25, 0.3) is 0 Å². The number of esters is 1. The number of aryl methyl sites for hydroxylation is 1. The minimum absolute atomic E-state index is 0.0653. The van der Waals surface area contributed by atoms with Crippen LogP contribution in [0.5, 0.6) is 0 Å². The van der Waals surface area contributed by atoms with Gasteiger partial charge in [-0.25, -0.2) is 0 Å². The first-order chi connectivity index (χ1) is 10.1. The van der Waals surface area contributed by atoms with Gasteiger partial charge >= 0.3 is 5.97 Å². The zero-order valence-electron chi connectivity index (χ0n) is 13.9. The normalized spacial score (nSPS) is 10.6. The van der Waals surface area contributed by atoms with Gasteiger partial charge in [-0.1, -0.05) is 63.6 Å². The molecule has 118 valence electrons. The van der Waals surface area contributed by atoms with Gasteiger partial charge in [-0.2, -0.15) is 0 Å². The molecule has 0 aromatic heterocycles. The molecular formula is C19H30O2. The molecule has 0 N–H and O–H groups in total. The molecule has 1 rings (SSSR count). The summed E-state index contributed by atoms with van der Waals surface area (Å²) in [5.74, 6) is -0.0653. The molecule has 2 heteroatoms. The zero-order valence-corrected chi connectivity index (χ0v) is 13.9. The van der Waals surface area contributed by atoms with Gasteiger partial charge in [-0.05, 0) is 37.0 Å². The van der Waals surface area contributed by atoms with E-state index in [0.29, 0.717) is 13.0 Å². The fourth-order valence-corrected chi connectivity index (χ4v) is 2.43. The molecule has 0 fully saturated rings. The van der Waals surface area contributed by atoms with E-state index < -0.39 is 0 Å². The van der Waals surface area contributed by atoms with Crippen LogP contribution < -0.4 is 0 Å². The number of benzene rings is 1. The van der Waals surface area contributed by atoms with E-state index in [1.807, 2.05) is 12.1 Å². The second-order valence-electron chi connectivity index (χ2n) is 5.89. The number of carbonyl (C=O) groups is 1. The zero-order chi connectivity index (χ0) is 15.5. The number of hydrogen-bond donors (Lipinski definition) is 0. The number of unbranched alkanes of at least 4 members (excludes halogenated alkanes) is 6. The molecule has 0 heterocycles. The van der Waals surface area contributed by atoms with Gasteiger partial charge in [0.15, 0.2) is 0 Å². The average Bonchev–Trinajstić information content (AvgIpc) is 2.48. The number of carbonyl (C=O) groups excluding carboxylic acids is 1. The molecule has 1 aromatic rings. The minimum Gasteiger partial charge on any atom is -0.461 e. The van der Waals surface area contributed by atoms with Crippen molar-refractivity contribution in [3.05, 3.63) is 34.9 Å². The van der Waals surface area contributed by atoms with Gasteiger partial charge in [0.05, 0.1) is 0 Å². The molecule has 0 saturated carbocycles. The largest absolute Gasteiger partial charge is 0.461 e. The van der Waals surface area contributed by atoms with Crippen LogP contribution >= 0.6 is 0 Å². The molecule has 0 radical (unpaired) electrons. The third-order valence-electron chi connectivity index (χ3n) is 4.09. The van der Waals surface area contributed by atoms with Crippen molar-refractivity contribution in [2.24, 2.45) is 0 Å². The lowest BCUT2D eigenvalue weighted by atomic mass is 10.0. The van der Waals surface area contributed by atoms with Crippen LogP contribution in [-0.4, -0.2) is 5.97 Å². The van der Waals surface area contributed by atoms with Crippen molar-refractivity contribution in [3.8, 4) is 0 Å². The molecule has 1 aromatic carbocycles. The lowest BCUT2D eigenvalue weighted by molar-refractivity contribution is -0.145. The van der Waals surface area contributed by atoms with Gasteiger partial charge in [-0.15, -0.1) is 0 Å². The highest BCUT2D eigenvalue weighted by Crippen LogP contribution is 2.14. The second-order valence-corrected chi connectivity index (χ2v) is 5.89. The second kappa shape index (κ2) is 10.4. The van der Waals surface area contributed by atoms with Gasteiger partial charge in [0.25, 0.3) is 0 Å². The maximum Gasteiger partial charge on any atom is 0.306 e. The molecule has 21 heavy (non-hydrogen) atoms. The highest BCUT2D eigenvalue weighted by molar-refractivity contribution is 5.69. The Balaban J connectivity index is 2.13. The third-order valence-corrected chi connectivity index (χ3v) is 4.09. The van der Waals surface area contributed by atoms with Crippen molar-refractivity contribution in [1.82, 2.24) is 0 Å². The summed E-state index contributed by atoms with van der Waals surface area (Å²) in [5, 5.41) is 0. The van der Waals surface area contributed by atoms with Crippen LogP contribution in [0.3, 0.4) is 0 Å². The van der Waals surface area contributed by atoms with Crippen LogP contribution in [0.1, 0.15) is 75.0 Å². The lowest BCUT2D eigenvalue weighted by Gasteiger charge is -2.09. The molecule has 0 bridgehead atoms. The third kappa shape index (κ3) is 7.31. The molecule has 0 amide bonds. The summed E-state index contributed by atoms with van der Waals surface area (Å²) >= 11 is 0. The van der Waals surface area contributed by atoms with Crippen molar-refractivity contribution >= 4 is 5.97 Å². The Hall–Kier alpha value is -1.31. The van der Waals surface area contributed by atoms with Crippen molar-refractivity contribution < 1.29 is 9.53 Å². The number of ether oxygens (including phenoxy) is 1. The molecule has 2 nitrogen and oxygen atoms in total. The Morgan fingerprint density at radius 2 is 1.67 bits per heavy atom. The predicted octanol–water partition coefficient (Wildman–Crippen LogP) is 5.49. The molecule has 0 saturated heterocycles. The molecular weight excluding hydrogens is 260 g/mol. The Morgan fingerprint density at radius 3 is 2.38 bits per heavy atom. The van der Waals surface area contributed by atoms with Crippen LogP contribution in [0.15, 0.2) is 18.2 Å². The molecule has 0 atom stereocenters. The monoisotopic (exact) mass is 290 g/mol. The van der Waals surface area contributed by atoms with E-state index in [0.717, 1.165) is 18.4 Å². The fourth-order valence-electron chi connectivity index (χ4n) is 2.43. The SMILES string of the molecule is CCCCCCCCCC(=O)OCc1cccc(C)c1C. The first-order valence-corrected chi connectivity index (χ1v) is 8.36. The molecule has 0 spiro atoms. The fraction of sp³-hybridized carbons (Fsp3) is 0.632. The maximum absolute atomic E-state index is 11.7. The summed E-state index contributed by atoms with van der Waals surface area (Å²) in [5.41, 5.74) is 3.58. The van der Waals surface area contributed by atoms with E-state index in [-0.39, 0.29) is 5.97 Å². The van der Waals surface area contributed by atoms with E-state index in [1.165, 1.54) is 43.2 Å². The summed E-state index contributed by atoms with van der Waals surface area (Å²) < 4.78 is 5.37. The van der Waals surface area contributed by atoms with E-state index >= 15 is 0 Å².